The number of ketones is 1. The molecule has 110 valence electrons. The Morgan fingerprint density at radius 1 is 1.19 bits per heavy atom. The van der Waals surface area contributed by atoms with Gasteiger partial charge in [0, 0.05) is 26.0 Å². The van der Waals surface area contributed by atoms with E-state index in [4.69, 9.17) is 10.5 Å². The van der Waals surface area contributed by atoms with Crippen LogP contribution in [0.1, 0.15) is 15.9 Å². The Morgan fingerprint density at radius 3 is 2.48 bits per heavy atom. The van der Waals surface area contributed by atoms with Gasteiger partial charge in [0.15, 0.2) is 0 Å². The molecule has 0 fully saturated rings. The summed E-state index contributed by atoms with van der Waals surface area (Å²) in [6.07, 6.45) is 1.22. The summed E-state index contributed by atoms with van der Waals surface area (Å²) in [7, 11) is 4.20. The minimum atomic E-state index is -0.660. The highest BCUT2D eigenvalue weighted by Crippen LogP contribution is 2.23. The first-order valence-electron chi connectivity index (χ1n) is 6.11. The lowest BCUT2D eigenvalue weighted by molar-refractivity contribution is 0.103. The van der Waals surface area contributed by atoms with E-state index >= 15 is 0 Å². The molecule has 1 aromatic carbocycles. The average molecular weight is 289 g/mol. The van der Waals surface area contributed by atoms with Gasteiger partial charge in [-0.05, 0) is 18.2 Å². The number of nitrogens with zero attached hydrogens (tertiary/aromatic N) is 2. The van der Waals surface area contributed by atoms with Crippen LogP contribution in [0.4, 0.5) is 5.69 Å². The van der Waals surface area contributed by atoms with Crippen LogP contribution >= 0.6 is 0 Å². The smallest absolute Gasteiger partial charge is 0.330 e. The highest BCUT2D eigenvalue weighted by atomic mass is 16.5. The van der Waals surface area contributed by atoms with Crippen LogP contribution in [0, 0.1) is 0 Å². The van der Waals surface area contributed by atoms with Crippen molar-refractivity contribution in [3.8, 4) is 5.75 Å². The number of anilines is 1. The normalized spacial score (nSPS) is 10.4. The highest BCUT2D eigenvalue weighted by molar-refractivity contribution is 6.10. The molecule has 2 rings (SSSR count). The second-order valence-electron chi connectivity index (χ2n) is 4.59. The van der Waals surface area contributed by atoms with E-state index in [0.29, 0.717) is 11.4 Å². The Morgan fingerprint density at radius 2 is 1.86 bits per heavy atom. The summed E-state index contributed by atoms with van der Waals surface area (Å²) in [5.41, 5.74) is 4.94. The number of methoxy groups -OCH3 is 1. The number of rotatable bonds is 3. The Labute approximate surface area is 120 Å². The van der Waals surface area contributed by atoms with Gasteiger partial charge in [-0.15, -0.1) is 0 Å². The van der Waals surface area contributed by atoms with Crippen molar-refractivity contribution in [1.29, 1.82) is 0 Å². The summed E-state index contributed by atoms with van der Waals surface area (Å²) >= 11 is 0. The van der Waals surface area contributed by atoms with Gasteiger partial charge in [-0.2, -0.15) is 0 Å². The number of hydrogen-bond acceptors (Lipinski definition) is 5. The first-order valence-corrected chi connectivity index (χ1v) is 6.11. The van der Waals surface area contributed by atoms with Crippen LogP contribution in [0.2, 0.25) is 0 Å². The molecule has 1 aromatic heterocycles. The van der Waals surface area contributed by atoms with Crippen LogP contribution in [0.5, 0.6) is 5.75 Å². The zero-order valence-electron chi connectivity index (χ0n) is 11.9. The molecule has 2 N–H and O–H groups in total. The molecule has 7 nitrogen and oxygen atoms in total. The van der Waals surface area contributed by atoms with E-state index in [1.165, 1.54) is 38.0 Å². The number of ether oxygens (including phenoxy) is 1. The first-order chi connectivity index (χ1) is 9.86. The van der Waals surface area contributed by atoms with Gasteiger partial charge in [0.05, 0.1) is 12.7 Å². The Bertz CT molecular complexity index is 833. The van der Waals surface area contributed by atoms with Crippen molar-refractivity contribution in [2.45, 2.75) is 0 Å². The van der Waals surface area contributed by atoms with E-state index < -0.39 is 17.0 Å². The second kappa shape index (κ2) is 5.28. The Balaban J connectivity index is 2.69. The average Bonchev–Trinajstić information content (AvgIpc) is 2.48. The largest absolute Gasteiger partial charge is 0.496 e. The van der Waals surface area contributed by atoms with Gasteiger partial charge in [0.1, 0.15) is 11.3 Å². The van der Waals surface area contributed by atoms with Crippen LogP contribution in [-0.4, -0.2) is 22.0 Å². The molecule has 0 radical (unpaired) electrons. The summed E-state index contributed by atoms with van der Waals surface area (Å²) in [5.74, 6) is -0.236. The van der Waals surface area contributed by atoms with Gasteiger partial charge in [-0.25, -0.2) is 4.79 Å². The number of nitrogens with two attached hydrogens (primary N) is 1. The molecule has 0 aliphatic carbocycles. The predicted octanol–water partition coefficient (Wildman–Crippen LogP) is -0.0942. The van der Waals surface area contributed by atoms with Crippen molar-refractivity contribution >= 4 is 11.5 Å². The lowest BCUT2D eigenvalue weighted by atomic mass is 10.0. The van der Waals surface area contributed by atoms with E-state index in [0.717, 1.165) is 4.57 Å². The molecule has 2 aromatic rings. The maximum atomic E-state index is 12.6. The fourth-order valence-electron chi connectivity index (χ4n) is 2.01. The van der Waals surface area contributed by atoms with Crippen LogP contribution in [0.15, 0.2) is 34.0 Å². The Kier molecular flexibility index (Phi) is 3.66. The van der Waals surface area contributed by atoms with Crippen molar-refractivity contribution in [2.24, 2.45) is 14.1 Å². The highest BCUT2D eigenvalue weighted by Gasteiger charge is 2.20. The van der Waals surface area contributed by atoms with Gasteiger partial charge in [-0.3, -0.25) is 14.2 Å². The summed E-state index contributed by atoms with van der Waals surface area (Å²) in [4.78, 5) is 36.3. The lowest BCUT2D eigenvalue weighted by Crippen LogP contribution is -2.39. The molecule has 0 spiro atoms. The molecule has 0 saturated carbocycles. The standard InChI is InChI=1S/C14H15N3O4/c1-16-7-10(13(19)17(2)14(16)20)12(18)9-6-8(15)4-5-11(9)21-3/h4-7H,15H2,1-3H3. The van der Waals surface area contributed by atoms with E-state index in [1.807, 2.05) is 0 Å². The predicted molar refractivity (Wildman–Crippen MR) is 77.8 cm³/mol. The van der Waals surface area contributed by atoms with Crippen molar-refractivity contribution in [2.75, 3.05) is 12.8 Å². The summed E-state index contributed by atoms with van der Waals surface area (Å²) in [6, 6.07) is 4.58. The zero-order chi connectivity index (χ0) is 15.7. The second-order valence-corrected chi connectivity index (χ2v) is 4.59. The third-order valence-electron chi connectivity index (χ3n) is 3.16. The molecule has 0 aliphatic heterocycles. The first kappa shape index (κ1) is 14.6. The number of hydrogen-bond donors (Lipinski definition) is 1. The third kappa shape index (κ3) is 2.45. The van der Waals surface area contributed by atoms with Crippen molar-refractivity contribution in [3.05, 3.63) is 56.4 Å². The number of benzene rings is 1. The van der Waals surface area contributed by atoms with Gasteiger partial charge in [0.25, 0.3) is 5.56 Å². The van der Waals surface area contributed by atoms with Crippen LogP contribution in [0.25, 0.3) is 0 Å². The number of carbonyl (C=O) groups is 1. The maximum absolute atomic E-state index is 12.6. The minimum Gasteiger partial charge on any atom is -0.496 e. The summed E-state index contributed by atoms with van der Waals surface area (Å²) in [6.45, 7) is 0. The molecule has 0 bridgehead atoms. The van der Waals surface area contributed by atoms with E-state index in [2.05, 4.69) is 0 Å². The summed E-state index contributed by atoms with van der Waals surface area (Å²) in [5, 5.41) is 0. The number of nitrogen functional groups attached to an aromatic ring is 1. The van der Waals surface area contributed by atoms with Gasteiger partial charge in [0.2, 0.25) is 5.78 Å². The van der Waals surface area contributed by atoms with Gasteiger partial charge in [-0.1, -0.05) is 0 Å². The van der Waals surface area contributed by atoms with E-state index in [9.17, 15) is 14.4 Å². The van der Waals surface area contributed by atoms with Gasteiger partial charge < -0.3 is 15.0 Å². The molecule has 0 unspecified atom stereocenters. The number of carbonyl (C=O) groups excluding carboxylic acids is 1. The SMILES string of the molecule is COc1ccc(N)cc1C(=O)c1cn(C)c(=O)n(C)c1=O. The molecule has 0 aliphatic rings. The van der Waals surface area contributed by atoms with Crippen LogP contribution in [0.3, 0.4) is 0 Å². The van der Waals surface area contributed by atoms with Crippen molar-refractivity contribution < 1.29 is 9.53 Å². The number of aromatic nitrogens is 2. The van der Waals surface area contributed by atoms with E-state index in [-0.39, 0.29) is 11.1 Å². The summed E-state index contributed by atoms with van der Waals surface area (Å²) < 4.78 is 7.17. The zero-order valence-corrected chi connectivity index (χ0v) is 11.9. The van der Waals surface area contributed by atoms with Crippen LogP contribution in [-0.2, 0) is 14.1 Å². The fraction of sp³-hybridized carbons (Fsp3) is 0.214. The third-order valence-corrected chi connectivity index (χ3v) is 3.16. The monoisotopic (exact) mass is 289 g/mol. The Hall–Kier alpha value is -2.83. The molecule has 1 heterocycles. The number of aryl methyl sites for hydroxylation is 1. The molecular formula is C14H15N3O4. The quantitative estimate of drug-likeness (QED) is 0.629. The molecule has 0 atom stereocenters. The van der Waals surface area contributed by atoms with Crippen molar-refractivity contribution in [1.82, 2.24) is 9.13 Å². The topological polar surface area (TPSA) is 96.3 Å². The molecule has 7 heteroatoms. The maximum Gasteiger partial charge on any atom is 0.330 e. The van der Waals surface area contributed by atoms with Gasteiger partial charge >= 0.3 is 5.69 Å². The fourth-order valence-corrected chi connectivity index (χ4v) is 2.01. The minimum absolute atomic E-state index is 0.122. The molecular weight excluding hydrogens is 274 g/mol. The van der Waals surface area contributed by atoms with Crippen LogP contribution < -0.4 is 21.7 Å². The lowest BCUT2D eigenvalue weighted by Gasteiger charge is -2.10. The van der Waals surface area contributed by atoms with E-state index in [1.54, 1.807) is 12.1 Å². The van der Waals surface area contributed by atoms with Crippen molar-refractivity contribution in [3.63, 3.8) is 0 Å². The molecule has 0 amide bonds. The molecule has 21 heavy (non-hydrogen) atoms. The molecule has 0 saturated heterocycles.